The average molecular weight is 269 g/mol. The first-order valence-corrected chi connectivity index (χ1v) is 7.50. The van der Waals surface area contributed by atoms with Crippen molar-refractivity contribution >= 4 is 10.9 Å². The summed E-state index contributed by atoms with van der Waals surface area (Å²) in [7, 11) is 0. The second kappa shape index (κ2) is 7.72. The van der Waals surface area contributed by atoms with Crippen LogP contribution in [0.4, 0.5) is 0 Å². The van der Waals surface area contributed by atoms with E-state index in [0.29, 0.717) is 0 Å². The van der Waals surface area contributed by atoms with Gasteiger partial charge < -0.3 is 10.3 Å². The molecular weight excluding hydrogens is 246 g/mol. The lowest BCUT2D eigenvalue weighted by atomic mass is 10.1. The molecule has 0 aliphatic heterocycles. The van der Waals surface area contributed by atoms with Crippen LogP contribution in [0, 0.1) is 17.2 Å². The van der Waals surface area contributed by atoms with Crippen LogP contribution < -0.4 is 5.32 Å². The Kier molecular flexibility index (Phi) is 5.64. The standard InChI is InChI=1S/C17H23N3/c1-2-14(11-18)12-19-10-6-5-7-15-13-20-17-9-4-3-8-16(15)17/h3-4,8-9,13-14,19-20H,2,5-7,10,12H2,1H3. The number of unbranched alkanes of at least 4 members (excludes halogenated alkanes) is 1. The number of aromatic amines is 1. The van der Waals surface area contributed by atoms with Crippen LogP contribution in [-0.2, 0) is 6.42 Å². The predicted octanol–water partition coefficient (Wildman–Crippen LogP) is 3.63. The Bertz CT molecular complexity index is 565. The van der Waals surface area contributed by atoms with Crippen LogP contribution in [0.25, 0.3) is 10.9 Å². The molecule has 0 spiro atoms. The van der Waals surface area contributed by atoms with Crippen molar-refractivity contribution in [3.05, 3.63) is 36.0 Å². The number of fused-ring (bicyclic) bond motifs is 1. The summed E-state index contributed by atoms with van der Waals surface area (Å²) in [5, 5.41) is 13.6. The fraction of sp³-hybridized carbons (Fsp3) is 0.471. The summed E-state index contributed by atoms with van der Waals surface area (Å²) >= 11 is 0. The van der Waals surface area contributed by atoms with Crippen molar-refractivity contribution in [2.75, 3.05) is 13.1 Å². The number of aryl methyl sites for hydroxylation is 1. The molecule has 0 fully saturated rings. The van der Waals surface area contributed by atoms with Gasteiger partial charge in [0.05, 0.1) is 12.0 Å². The molecule has 0 aliphatic carbocycles. The third kappa shape index (κ3) is 3.85. The lowest BCUT2D eigenvalue weighted by Gasteiger charge is -2.07. The summed E-state index contributed by atoms with van der Waals surface area (Å²) in [6, 6.07) is 10.8. The van der Waals surface area contributed by atoms with Gasteiger partial charge in [-0.2, -0.15) is 5.26 Å². The summed E-state index contributed by atoms with van der Waals surface area (Å²) in [6.45, 7) is 3.88. The van der Waals surface area contributed by atoms with Gasteiger partial charge in [-0.3, -0.25) is 0 Å². The lowest BCUT2D eigenvalue weighted by Crippen LogP contribution is -2.22. The fourth-order valence-corrected chi connectivity index (χ4v) is 2.46. The van der Waals surface area contributed by atoms with E-state index >= 15 is 0 Å². The lowest BCUT2D eigenvalue weighted by molar-refractivity contribution is 0.537. The molecule has 1 aromatic carbocycles. The predicted molar refractivity (Wildman–Crippen MR) is 83.5 cm³/mol. The molecule has 1 aromatic heterocycles. The number of hydrogen-bond acceptors (Lipinski definition) is 2. The van der Waals surface area contributed by atoms with Gasteiger partial charge in [-0.15, -0.1) is 0 Å². The molecule has 1 atom stereocenters. The second-order valence-electron chi connectivity index (χ2n) is 5.25. The summed E-state index contributed by atoms with van der Waals surface area (Å²) < 4.78 is 0. The molecular formula is C17H23N3. The SMILES string of the molecule is CCC(C#N)CNCCCCc1c[nH]c2ccccc12. The molecule has 0 saturated carbocycles. The van der Waals surface area contributed by atoms with E-state index in [9.17, 15) is 0 Å². The van der Waals surface area contributed by atoms with Gasteiger partial charge in [0.1, 0.15) is 0 Å². The first-order valence-electron chi connectivity index (χ1n) is 7.50. The zero-order valence-electron chi connectivity index (χ0n) is 12.2. The molecule has 0 bridgehead atoms. The molecule has 106 valence electrons. The summed E-state index contributed by atoms with van der Waals surface area (Å²) in [6.07, 6.45) is 6.50. The molecule has 2 rings (SSSR count). The quantitative estimate of drug-likeness (QED) is 0.719. The largest absolute Gasteiger partial charge is 0.361 e. The number of nitrogens with one attached hydrogen (secondary N) is 2. The minimum atomic E-state index is 0.156. The fourth-order valence-electron chi connectivity index (χ4n) is 2.46. The number of para-hydroxylation sites is 1. The number of H-pyrrole nitrogens is 1. The van der Waals surface area contributed by atoms with E-state index in [2.05, 4.69) is 53.8 Å². The molecule has 0 amide bonds. The highest BCUT2D eigenvalue weighted by molar-refractivity contribution is 5.82. The minimum Gasteiger partial charge on any atom is -0.361 e. The van der Waals surface area contributed by atoms with Crippen LogP contribution in [0.3, 0.4) is 0 Å². The summed E-state index contributed by atoms with van der Waals surface area (Å²) in [5.41, 5.74) is 2.63. The molecule has 1 heterocycles. The Hall–Kier alpha value is -1.79. The van der Waals surface area contributed by atoms with E-state index in [1.165, 1.54) is 22.9 Å². The number of aromatic nitrogens is 1. The van der Waals surface area contributed by atoms with Gasteiger partial charge in [0.15, 0.2) is 0 Å². The van der Waals surface area contributed by atoms with Gasteiger partial charge in [-0.1, -0.05) is 25.1 Å². The van der Waals surface area contributed by atoms with E-state index in [4.69, 9.17) is 5.26 Å². The number of rotatable bonds is 8. The van der Waals surface area contributed by atoms with E-state index in [-0.39, 0.29) is 5.92 Å². The topological polar surface area (TPSA) is 51.6 Å². The molecule has 3 heteroatoms. The van der Waals surface area contributed by atoms with Crippen molar-refractivity contribution in [2.24, 2.45) is 5.92 Å². The Morgan fingerprint density at radius 2 is 2.15 bits per heavy atom. The van der Waals surface area contributed by atoms with Crippen molar-refractivity contribution in [1.82, 2.24) is 10.3 Å². The summed E-state index contributed by atoms with van der Waals surface area (Å²) in [4.78, 5) is 3.32. The van der Waals surface area contributed by atoms with Crippen molar-refractivity contribution < 1.29 is 0 Å². The number of nitriles is 1. The van der Waals surface area contributed by atoms with Gasteiger partial charge in [0.25, 0.3) is 0 Å². The molecule has 3 nitrogen and oxygen atoms in total. The van der Waals surface area contributed by atoms with E-state index in [0.717, 1.165) is 32.4 Å². The Labute approximate surface area is 121 Å². The maximum absolute atomic E-state index is 8.86. The van der Waals surface area contributed by atoms with Gasteiger partial charge in [-0.25, -0.2) is 0 Å². The highest BCUT2D eigenvalue weighted by atomic mass is 14.8. The third-order valence-corrected chi connectivity index (χ3v) is 3.79. The number of hydrogen-bond donors (Lipinski definition) is 2. The van der Waals surface area contributed by atoms with E-state index in [1.54, 1.807) is 0 Å². The van der Waals surface area contributed by atoms with Crippen molar-refractivity contribution in [1.29, 1.82) is 5.26 Å². The van der Waals surface area contributed by atoms with Crippen LogP contribution in [0.5, 0.6) is 0 Å². The van der Waals surface area contributed by atoms with Crippen LogP contribution >= 0.6 is 0 Å². The maximum atomic E-state index is 8.86. The molecule has 2 N–H and O–H groups in total. The molecule has 0 aliphatic rings. The maximum Gasteiger partial charge on any atom is 0.0669 e. The van der Waals surface area contributed by atoms with Gasteiger partial charge in [-0.05, 0) is 43.9 Å². The van der Waals surface area contributed by atoms with Crippen LogP contribution in [0.1, 0.15) is 31.7 Å². The first-order chi connectivity index (χ1) is 9.85. The molecule has 0 radical (unpaired) electrons. The number of nitrogens with zero attached hydrogens (tertiary/aromatic N) is 1. The Morgan fingerprint density at radius 3 is 2.95 bits per heavy atom. The highest BCUT2D eigenvalue weighted by Gasteiger charge is 2.04. The average Bonchev–Trinajstić information content (AvgIpc) is 2.90. The van der Waals surface area contributed by atoms with E-state index in [1.807, 2.05) is 0 Å². The second-order valence-corrected chi connectivity index (χ2v) is 5.25. The first kappa shape index (κ1) is 14.6. The zero-order chi connectivity index (χ0) is 14.2. The smallest absolute Gasteiger partial charge is 0.0669 e. The Balaban J connectivity index is 1.68. The summed E-state index contributed by atoms with van der Waals surface area (Å²) in [5.74, 6) is 0.156. The van der Waals surface area contributed by atoms with Crippen LogP contribution in [0.15, 0.2) is 30.5 Å². The molecule has 2 aromatic rings. The van der Waals surface area contributed by atoms with Crippen molar-refractivity contribution in [3.63, 3.8) is 0 Å². The Morgan fingerprint density at radius 1 is 1.30 bits per heavy atom. The normalized spacial score (nSPS) is 12.4. The van der Waals surface area contributed by atoms with E-state index < -0.39 is 0 Å². The van der Waals surface area contributed by atoms with Gasteiger partial charge in [0.2, 0.25) is 0 Å². The zero-order valence-corrected chi connectivity index (χ0v) is 12.2. The van der Waals surface area contributed by atoms with Crippen LogP contribution in [-0.4, -0.2) is 18.1 Å². The highest BCUT2D eigenvalue weighted by Crippen LogP contribution is 2.19. The third-order valence-electron chi connectivity index (χ3n) is 3.79. The molecule has 0 saturated heterocycles. The van der Waals surface area contributed by atoms with Gasteiger partial charge >= 0.3 is 0 Å². The van der Waals surface area contributed by atoms with Gasteiger partial charge in [0, 0.05) is 23.6 Å². The minimum absolute atomic E-state index is 0.156. The monoisotopic (exact) mass is 269 g/mol. The van der Waals surface area contributed by atoms with Crippen molar-refractivity contribution in [2.45, 2.75) is 32.6 Å². The van der Waals surface area contributed by atoms with Crippen molar-refractivity contribution in [3.8, 4) is 6.07 Å². The molecule has 20 heavy (non-hydrogen) atoms. The molecule has 1 unspecified atom stereocenters. The van der Waals surface area contributed by atoms with Crippen LogP contribution in [0.2, 0.25) is 0 Å². The number of benzene rings is 1.